The highest BCUT2D eigenvalue weighted by Gasteiger charge is 2.47. The first-order valence-corrected chi connectivity index (χ1v) is 18.7. The number of alkyl halides is 3. The summed E-state index contributed by atoms with van der Waals surface area (Å²) in [5, 5.41) is 6.98. The largest absolute Gasteiger partial charge is 0.390 e. The van der Waals surface area contributed by atoms with E-state index in [1.807, 2.05) is 11.8 Å². The molecular formula is C43H55F3N4. The maximum absolute atomic E-state index is 13.6. The van der Waals surface area contributed by atoms with E-state index in [0.717, 1.165) is 95.0 Å². The van der Waals surface area contributed by atoms with E-state index >= 15 is 0 Å². The molecule has 2 N–H and O–H groups in total. The normalized spacial score (nSPS) is 19.4. The summed E-state index contributed by atoms with van der Waals surface area (Å²) >= 11 is 0. The van der Waals surface area contributed by atoms with Crippen molar-refractivity contribution in [2.75, 3.05) is 29.4 Å². The molecule has 0 aromatic heterocycles. The lowest BCUT2D eigenvalue weighted by molar-refractivity contribution is -0.132. The highest BCUT2D eigenvalue weighted by molar-refractivity contribution is 5.83. The molecule has 2 aromatic rings. The monoisotopic (exact) mass is 684 g/mol. The zero-order valence-corrected chi connectivity index (χ0v) is 30.6. The van der Waals surface area contributed by atoms with E-state index in [-0.39, 0.29) is 12.0 Å². The topological polar surface area (TPSA) is 30.5 Å². The number of nitrogens with zero attached hydrogens (tertiary/aromatic N) is 2. The first-order chi connectivity index (χ1) is 23.8. The lowest BCUT2D eigenvalue weighted by Crippen LogP contribution is -2.37. The van der Waals surface area contributed by atoms with E-state index < -0.39 is 12.6 Å². The van der Waals surface area contributed by atoms with Crippen molar-refractivity contribution in [1.29, 1.82) is 0 Å². The third-order valence-electron chi connectivity index (χ3n) is 11.8. The molecule has 2 aliphatic heterocycles. The Balaban J connectivity index is 1.43. The van der Waals surface area contributed by atoms with Crippen molar-refractivity contribution in [2.24, 2.45) is 0 Å². The summed E-state index contributed by atoms with van der Waals surface area (Å²) < 4.78 is 40.8. The number of allylic oxidation sites excluding steroid dienone is 4. The standard InChI is InChI=1S/C43H55F3N4/c1-8-49(36-15-11-9-12-16-36)40-26-35(24-37(30(40)4)31(5)47-27-38-28(2)23-29(3)48-32(38)6)34-17-18-39-41(25-34)50(22-21-43(44,45)46)33(7)42(39)19-13-10-14-20-42/h17-18,23-26,36,47-48H,5-16,19-22,27H2,1-4H3. The SMILES string of the molecule is C=C1NC(C)=CC(C)=C1CNC(=C)c1cc(-c2ccc3c(c2)N(CCC(F)(F)F)C(=C)C32CCCCC2)cc(N(CC)C2CCCCC2)c1C. The average molecular weight is 685 g/mol. The number of rotatable bonds is 10. The summed E-state index contributed by atoms with van der Waals surface area (Å²) in [6, 6.07) is 11.5. The predicted molar refractivity (Wildman–Crippen MR) is 204 cm³/mol. The Morgan fingerprint density at radius 3 is 2.34 bits per heavy atom. The predicted octanol–water partition coefficient (Wildman–Crippen LogP) is 11.2. The second-order valence-electron chi connectivity index (χ2n) is 15.0. The first-order valence-electron chi connectivity index (χ1n) is 18.7. The third-order valence-corrected chi connectivity index (χ3v) is 11.8. The quantitative estimate of drug-likeness (QED) is 0.261. The Bertz CT molecular complexity index is 1720. The van der Waals surface area contributed by atoms with Gasteiger partial charge in [-0.15, -0.1) is 0 Å². The summed E-state index contributed by atoms with van der Waals surface area (Å²) in [6.07, 6.45) is 8.33. The molecule has 7 heteroatoms. The van der Waals surface area contributed by atoms with Crippen molar-refractivity contribution < 1.29 is 13.2 Å². The van der Waals surface area contributed by atoms with Crippen molar-refractivity contribution in [3.8, 4) is 11.1 Å². The lowest BCUT2D eigenvalue weighted by Gasteiger charge is -2.37. The van der Waals surface area contributed by atoms with E-state index in [2.05, 4.69) is 92.4 Å². The van der Waals surface area contributed by atoms with Crippen LogP contribution in [0.15, 0.2) is 84.4 Å². The van der Waals surface area contributed by atoms with Gasteiger partial charge in [-0.1, -0.05) is 70.4 Å². The number of hydrogen-bond donors (Lipinski definition) is 2. The van der Waals surface area contributed by atoms with Crippen LogP contribution in [-0.4, -0.2) is 31.9 Å². The maximum Gasteiger partial charge on any atom is 0.390 e. The smallest absolute Gasteiger partial charge is 0.381 e. The van der Waals surface area contributed by atoms with Crippen LogP contribution < -0.4 is 20.4 Å². The number of halogens is 3. The Morgan fingerprint density at radius 2 is 1.68 bits per heavy atom. The van der Waals surface area contributed by atoms with Crippen LogP contribution in [0.5, 0.6) is 0 Å². The molecule has 0 amide bonds. The minimum Gasteiger partial charge on any atom is -0.381 e. The van der Waals surface area contributed by atoms with Crippen LogP contribution in [0.25, 0.3) is 16.8 Å². The summed E-state index contributed by atoms with van der Waals surface area (Å²) in [6.45, 7) is 23.2. The van der Waals surface area contributed by atoms with Gasteiger partial charge in [0.25, 0.3) is 0 Å². The molecule has 2 aliphatic carbocycles. The molecule has 1 spiro atoms. The van der Waals surface area contributed by atoms with Crippen molar-refractivity contribution in [3.05, 3.63) is 101 Å². The van der Waals surface area contributed by atoms with Gasteiger partial charge in [-0.3, -0.25) is 0 Å². The van der Waals surface area contributed by atoms with Gasteiger partial charge in [0.2, 0.25) is 0 Å². The fourth-order valence-electron chi connectivity index (χ4n) is 9.14. The van der Waals surface area contributed by atoms with Gasteiger partial charge in [0.15, 0.2) is 0 Å². The van der Waals surface area contributed by atoms with E-state index in [4.69, 9.17) is 0 Å². The highest BCUT2D eigenvalue weighted by Crippen LogP contribution is 2.55. The Labute approximate surface area is 297 Å². The molecule has 50 heavy (non-hydrogen) atoms. The molecule has 2 aromatic carbocycles. The van der Waals surface area contributed by atoms with Gasteiger partial charge in [-0.05, 0) is 111 Å². The van der Waals surface area contributed by atoms with Crippen LogP contribution in [-0.2, 0) is 5.41 Å². The lowest BCUT2D eigenvalue weighted by atomic mass is 9.69. The molecule has 0 atom stereocenters. The third kappa shape index (κ3) is 7.02. The Kier molecular flexibility index (Phi) is 10.3. The van der Waals surface area contributed by atoms with Crippen molar-refractivity contribution in [1.82, 2.24) is 10.6 Å². The first kappa shape index (κ1) is 35.9. The number of hydrogen-bond acceptors (Lipinski definition) is 4. The van der Waals surface area contributed by atoms with E-state index in [1.165, 1.54) is 48.9 Å². The van der Waals surface area contributed by atoms with E-state index in [0.29, 0.717) is 12.6 Å². The summed E-state index contributed by atoms with van der Waals surface area (Å²) in [5.41, 5.74) is 13.2. The van der Waals surface area contributed by atoms with Gasteiger partial charge < -0.3 is 20.4 Å². The summed E-state index contributed by atoms with van der Waals surface area (Å²) in [4.78, 5) is 4.45. The molecule has 4 nitrogen and oxygen atoms in total. The molecule has 2 fully saturated rings. The van der Waals surface area contributed by atoms with Gasteiger partial charge in [0.05, 0.1) is 6.42 Å². The molecule has 4 aliphatic rings. The van der Waals surface area contributed by atoms with Crippen LogP contribution in [0.3, 0.4) is 0 Å². The molecule has 0 saturated heterocycles. The van der Waals surface area contributed by atoms with Gasteiger partial charge in [-0.25, -0.2) is 0 Å². The van der Waals surface area contributed by atoms with Crippen LogP contribution in [0.1, 0.15) is 108 Å². The zero-order chi connectivity index (χ0) is 35.8. The average Bonchev–Trinajstić information content (AvgIpc) is 3.30. The molecule has 0 unspecified atom stereocenters. The van der Waals surface area contributed by atoms with Crippen molar-refractivity contribution in [3.63, 3.8) is 0 Å². The number of fused-ring (bicyclic) bond motifs is 2. The number of nitrogens with one attached hydrogen (secondary N) is 2. The Hall–Kier alpha value is -3.87. The Morgan fingerprint density at radius 1 is 0.980 bits per heavy atom. The minimum absolute atomic E-state index is 0.110. The maximum atomic E-state index is 13.6. The molecule has 268 valence electrons. The molecule has 2 saturated carbocycles. The minimum atomic E-state index is -4.24. The molecular weight excluding hydrogens is 629 g/mol. The second-order valence-corrected chi connectivity index (χ2v) is 15.0. The van der Waals surface area contributed by atoms with Crippen LogP contribution in [0, 0.1) is 6.92 Å². The van der Waals surface area contributed by atoms with Gasteiger partial charge in [-0.2, -0.15) is 13.2 Å². The number of anilines is 2. The van der Waals surface area contributed by atoms with Crippen molar-refractivity contribution >= 4 is 17.1 Å². The van der Waals surface area contributed by atoms with Crippen LogP contribution in [0.4, 0.5) is 24.5 Å². The van der Waals surface area contributed by atoms with Crippen LogP contribution >= 0.6 is 0 Å². The van der Waals surface area contributed by atoms with Gasteiger partial charge in [0.1, 0.15) is 0 Å². The number of benzene rings is 2. The molecule has 0 bridgehead atoms. The summed E-state index contributed by atoms with van der Waals surface area (Å²) in [7, 11) is 0. The van der Waals surface area contributed by atoms with Crippen molar-refractivity contribution in [2.45, 2.75) is 116 Å². The summed E-state index contributed by atoms with van der Waals surface area (Å²) in [5.74, 6) is 0. The zero-order valence-electron chi connectivity index (χ0n) is 30.6. The van der Waals surface area contributed by atoms with E-state index in [1.54, 1.807) is 0 Å². The fourth-order valence-corrected chi connectivity index (χ4v) is 9.14. The van der Waals surface area contributed by atoms with Gasteiger partial charge in [0, 0.05) is 70.8 Å². The molecule has 6 rings (SSSR count). The fraction of sp³-hybridized carbons (Fsp3) is 0.488. The molecule has 2 heterocycles. The second kappa shape index (κ2) is 14.4. The van der Waals surface area contributed by atoms with Crippen LogP contribution in [0.2, 0.25) is 0 Å². The molecule has 0 radical (unpaired) electrons. The van der Waals surface area contributed by atoms with Gasteiger partial charge >= 0.3 is 6.18 Å². The highest BCUT2D eigenvalue weighted by atomic mass is 19.4. The van der Waals surface area contributed by atoms with E-state index in [9.17, 15) is 13.2 Å². The number of dihydropyridines is 1.